The van der Waals surface area contributed by atoms with Crippen LogP contribution in [-0.4, -0.2) is 74.3 Å². The van der Waals surface area contributed by atoms with Crippen molar-refractivity contribution in [3.63, 3.8) is 0 Å². The summed E-state index contributed by atoms with van der Waals surface area (Å²) < 4.78 is 7.20. The van der Waals surface area contributed by atoms with Crippen molar-refractivity contribution in [1.82, 2.24) is 35.0 Å². The topological polar surface area (TPSA) is 92.2 Å². The van der Waals surface area contributed by atoms with Crippen LogP contribution in [0.2, 0.25) is 0 Å². The van der Waals surface area contributed by atoms with E-state index in [4.69, 9.17) is 4.74 Å². The van der Waals surface area contributed by atoms with E-state index in [2.05, 4.69) is 42.4 Å². The van der Waals surface area contributed by atoms with Gasteiger partial charge in [-0.2, -0.15) is 0 Å². The summed E-state index contributed by atoms with van der Waals surface area (Å²) >= 11 is 0. The third-order valence-electron chi connectivity index (χ3n) is 8.16. The van der Waals surface area contributed by atoms with Crippen molar-refractivity contribution < 1.29 is 4.74 Å². The molecule has 3 heterocycles. The Morgan fingerprint density at radius 1 is 1.00 bits per heavy atom. The maximum atomic E-state index is 13.6. The van der Waals surface area contributed by atoms with Gasteiger partial charge in [-0.3, -0.25) is 14.6 Å². The number of methoxy groups -OCH3 is 1. The van der Waals surface area contributed by atoms with E-state index in [-0.39, 0.29) is 11.6 Å². The molecule has 2 fully saturated rings. The van der Waals surface area contributed by atoms with Crippen molar-refractivity contribution in [2.75, 3.05) is 33.3 Å². The average Bonchev–Trinajstić information content (AvgIpc) is 3.42. The molecule has 2 aromatic heterocycles. The Labute approximate surface area is 222 Å². The zero-order valence-electron chi connectivity index (χ0n) is 21.9. The molecule has 1 N–H and O–H groups in total. The smallest absolute Gasteiger partial charge is 0.253 e. The number of aromatic amines is 1. The summed E-state index contributed by atoms with van der Waals surface area (Å²) in [6.07, 6.45) is 6.62. The van der Waals surface area contributed by atoms with Gasteiger partial charge >= 0.3 is 0 Å². The summed E-state index contributed by atoms with van der Waals surface area (Å²) in [6.45, 7) is 4.25. The number of ether oxygens (including phenoxy) is 1. The van der Waals surface area contributed by atoms with Gasteiger partial charge in [-0.15, -0.1) is 5.10 Å². The Morgan fingerprint density at radius 3 is 2.55 bits per heavy atom. The number of benzene rings is 2. The molecular formula is C29H35N7O2. The first-order valence-corrected chi connectivity index (χ1v) is 13.7. The van der Waals surface area contributed by atoms with E-state index < -0.39 is 0 Å². The molecule has 2 aromatic carbocycles. The maximum Gasteiger partial charge on any atom is 0.253 e. The molecule has 0 bridgehead atoms. The van der Waals surface area contributed by atoms with Gasteiger partial charge in [0.25, 0.3) is 5.56 Å². The van der Waals surface area contributed by atoms with Crippen molar-refractivity contribution in [3.8, 4) is 5.75 Å². The molecule has 2 aliphatic rings. The fraction of sp³-hybridized carbons (Fsp3) is 0.448. The fourth-order valence-corrected chi connectivity index (χ4v) is 6.11. The van der Waals surface area contributed by atoms with Gasteiger partial charge < -0.3 is 9.72 Å². The van der Waals surface area contributed by atoms with Crippen molar-refractivity contribution >= 4 is 10.9 Å². The Kier molecular flexibility index (Phi) is 7.20. The lowest BCUT2D eigenvalue weighted by molar-refractivity contribution is 0.0618. The molecule has 6 rings (SSSR count). The van der Waals surface area contributed by atoms with Gasteiger partial charge in [0.15, 0.2) is 5.82 Å². The Bertz CT molecular complexity index is 1420. The third kappa shape index (κ3) is 5.08. The van der Waals surface area contributed by atoms with Gasteiger partial charge in [0.2, 0.25) is 0 Å². The highest BCUT2D eigenvalue weighted by atomic mass is 16.5. The number of tetrazole rings is 1. The molecule has 0 radical (unpaired) electrons. The molecular weight excluding hydrogens is 478 g/mol. The average molecular weight is 514 g/mol. The highest BCUT2D eigenvalue weighted by Crippen LogP contribution is 2.30. The van der Waals surface area contributed by atoms with Crippen LogP contribution < -0.4 is 10.3 Å². The summed E-state index contributed by atoms with van der Waals surface area (Å²) in [5.74, 6) is 1.40. The summed E-state index contributed by atoms with van der Waals surface area (Å²) in [5, 5.41) is 13.9. The van der Waals surface area contributed by atoms with Crippen LogP contribution in [-0.2, 0) is 6.54 Å². The van der Waals surface area contributed by atoms with Crippen LogP contribution in [0.25, 0.3) is 10.9 Å². The van der Waals surface area contributed by atoms with Gasteiger partial charge in [0, 0.05) is 43.9 Å². The number of piperazine rings is 1. The third-order valence-corrected chi connectivity index (χ3v) is 8.16. The summed E-state index contributed by atoms with van der Waals surface area (Å²) in [6, 6.07) is 18.3. The number of pyridine rings is 1. The van der Waals surface area contributed by atoms with Gasteiger partial charge in [-0.25, -0.2) is 4.68 Å². The fourth-order valence-electron chi connectivity index (χ4n) is 6.11. The standard InChI is InChI=1S/C29H35N7O2/c1-38-24-13-12-22-18-25(29(37)30-26(22)19-24)27(28-31-32-33-36(28)20-21-8-4-2-5-9-21)35-16-14-34(15-17-35)23-10-6-3-7-11-23/h2,4-5,8-9,12-13,18-19,23,27H,3,6-7,10-11,14-17,20H2,1H3,(H,30,37)/t27-/m1/s1. The molecule has 1 aliphatic carbocycles. The largest absolute Gasteiger partial charge is 0.497 e. The lowest BCUT2D eigenvalue weighted by atomic mass is 9.93. The van der Waals surface area contributed by atoms with Crippen LogP contribution in [0.5, 0.6) is 5.75 Å². The molecule has 0 unspecified atom stereocenters. The summed E-state index contributed by atoms with van der Waals surface area (Å²) in [5.41, 5.74) is 2.40. The lowest BCUT2D eigenvalue weighted by Gasteiger charge is -2.42. The van der Waals surface area contributed by atoms with Gasteiger partial charge in [0.05, 0.1) is 19.2 Å². The number of fused-ring (bicyclic) bond motifs is 1. The second-order valence-corrected chi connectivity index (χ2v) is 10.5. The molecule has 1 atom stereocenters. The highest BCUT2D eigenvalue weighted by Gasteiger charge is 2.34. The number of hydrogen-bond acceptors (Lipinski definition) is 7. The van der Waals surface area contributed by atoms with Gasteiger partial charge in [-0.05, 0) is 52.4 Å². The molecule has 4 aromatic rings. The number of nitrogens with zero attached hydrogens (tertiary/aromatic N) is 6. The van der Waals surface area contributed by atoms with E-state index in [1.54, 1.807) is 7.11 Å². The Balaban J connectivity index is 1.36. The highest BCUT2D eigenvalue weighted by molar-refractivity contribution is 5.80. The van der Waals surface area contributed by atoms with Crippen LogP contribution in [0.3, 0.4) is 0 Å². The Hall–Kier alpha value is -3.56. The van der Waals surface area contributed by atoms with Gasteiger partial charge in [0.1, 0.15) is 11.8 Å². The number of rotatable bonds is 7. The molecule has 1 saturated carbocycles. The number of H-pyrrole nitrogens is 1. The molecule has 9 nitrogen and oxygen atoms in total. The monoisotopic (exact) mass is 513 g/mol. The summed E-state index contributed by atoms with van der Waals surface area (Å²) in [4.78, 5) is 21.7. The quantitative estimate of drug-likeness (QED) is 0.404. The van der Waals surface area contributed by atoms with E-state index in [0.29, 0.717) is 29.7 Å². The minimum absolute atomic E-state index is 0.125. The second kappa shape index (κ2) is 11.0. The zero-order chi connectivity index (χ0) is 25.9. The first kappa shape index (κ1) is 24.8. The van der Waals surface area contributed by atoms with Crippen molar-refractivity contribution in [1.29, 1.82) is 0 Å². The van der Waals surface area contributed by atoms with Crippen LogP contribution in [0, 0.1) is 0 Å². The van der Waals surface area contributed by atoms with Gasteiger partial charge in [-0.1, -0.05) is 49.6 Å². The van der Waals surface area contributed by atoms with E-state index in [1.165, 1.54) is 32.1 Å². The first-order chi connectivity index (χ1) is 18.7. The zero-order valence-corrected chi connectivity index (χ0v) is 21.9. The second-order valence-electron chi connectivity index (χ2n) is 10.5. The van der Waals surface area contributed by atoms with Crippen LogP contribution in [0.4, 0.5) is 0 Å². The minimum atomic E-state index is -0.350. The molecule has 1 saturated heterocycles. The van der Waals surface area contributed by atoms with E-state index in [9.17, 15) is 4.79 Å². The predicted octanol–water partition coefficient (Wildman–Crippen LogP) is 3.61. The SMILES string of the molecule is COc1ccc2cc([C@H](c3nnnn3Cc3ccccc3)N3CCN(C4CCCCC4)CC3)c(=O)[nH]c2c1. The van der Waals surface area contributed by atoms with Crippen LogP contribution in [0.1, 0.15) is 55.1 Å². The van der Waals surface area contributed by atoms with E-state index in [1.807, 2.05) is 47.1 Å². The normalized spacial score (nSPS) is 18.6. The van der Waals surface area contributed by atoms with Crippen molar-refractivity contribution in [2.24, 2.45) is 0 Å². The van der Waals surface area contributed by atoms with Crippen LogP contribution in [0.15, 0.2) is 59.4 Å². The van der Waals surface area contributed by atoms with E-state index >= 15 is 0 Å². The number of aromatic nitrogens is 5. The lowest BCUT2D eigenvalue weighted by Crippen LogP contribution is -2.52. The molecule has 0 spiro atoms. The molecule has 38 heavy (non-hydrogen) atoms. The number of hydrogen-bond donors (Lipinski definition) is 1. The van der Waals surface area contributed by atoms with Crippen LogP contribution >= 0.6 is 0 Å². The predicted molar refractivity (Wildman–Crippen MR) is 146 cm³/mol. The van der Waals surface area contributed by atoms with Crippen molar-refractivity contribution in [3.05, 3.63) is 81.9 Å². The molecule has 0 amide bonds. The molecule has 1 aliphatic heterocycles. The van der Waals surface area contributed by atoms with E-state index in [0.717, 1.165) is 42.6 Å². The molecule has 9 heteroatoms. The molecule has 198 valence electrons. The number of nitrogens with one attached hydrogen (secondary N) is 1. The Morgan fingerprint density at radius 2 is 1.79 bits per heavy atom. The van der Waals surface area contributed by atoms with Crippen molar-refractivity contribution in [2.45, 2.75) is 50.7 Å². The maximum absolute atomic E-state index is 13.6. The first-order valence-electron chi connectivity index (χ1n) is 13.7. The minimum Gasteiger partial charge on any atom is -0.497 e. The summed E-state index contributed by atoms with van der Waals surface area (Å²) in [7, 11) is 1.63.